The molecule has 1 amide bonds. The molecule has 100 valence electrons. The van der Waals surface area contributed by atoms with E-state index < -0.39 is 0 Å². The minimum absolute atomic E-state index is 0.0445. The summed E-state index contributed by atoms with van der Waals surface area (Å²) in [5, 5.41) is 3.87. The molecule has 1 aliphatic heterocycles. The molecule has 0 unspecified atom stereocenters. The Morgan fingerprint density at radius 3 is 2.94 bits per heavy atom. The van der Waals surface area contributed by atoms with Gasteiger partial charge in [0.1, 0.15) is 0 Å². The number of hydrogen-bond acceptors (Lipinski definition) is 5. The number of carbonyl (C=O) groups excluding carboxylic acids is 1. The van der Waals surface area contributed by atoms with Crippen LogP contribution in [0.5, 0.6) is 0 Å². The number of likely N-dealkylation sites (N-methyl/N-ethyl adjacent to an activating group) is 1. The molecule has 6 heteroatoms. The quantitative estimate of drug-likeness (QED) is 0.788. The van der Waals surface area contributed by atoms with E-state index in [4.69, 9.17) is 4.52 Å². The highest BCUT2D eigenvalue weighted by atomic mass is 16.5. The Bertz CT molecular complexity index is 416. The van der Waals surface area contributed by atoms with Crippen LogP contribution in [0.2, 0.25) is 0 Å². The van der Waals surface area contributed by atoms with Crippen LogP contribution in [0.15, 0.2) is 4.52 Å². The van der Waals surface area contributed by atoms with Crippen LogP contribution >= 0.6 is 0 Å². The van der Waals surface area contributed by atoms with E-state index in [2.05, 4.69) is 15.0 Å². The van der Waals surface area contributed by atoms with E-state index in [9.17, 15) is 4.79 Å². The van der Waals surface area contributed by atoms with Crippen molar-refractivity contribution in [2.24, 2.45) is 0 Å². The topological polar surface area (TPSA) is 62.5 Å². The molecule has 1 atom stereocenters. The van der Waals surface area contributed by atoms with Crippen molar-refractivity contribution in [3.05, 3.63) is 11.7 Å². The number of amides is 1. The van der Waals surface area contributed by atoms with Crippen LogP contribution in [0, 0.1) is 0 Å². The van der Waals surface area contributed by atoms with Gasteiger partial charge in [0.25, 0.3) is 0 Å². The van der Waals surface area contributed by atoms with Crippen molar-refractivity contribution in [3.63, 3.8) is 0 Å². The standard InChI is InChI=1S/C12H20N4O2/c1-4-10-13-11(18-14-10)8-16-7-5-6-9(16)12(17)15(2)3/h9H,4-8H2,1-3H3/t9-/m1/s1. The summed E-state index contributed by atoms with van der Waals surface area (Å²) in [6.45, 7) is 3.47. The van der Waals surface area contributed by atoms with Crippen molar-refractivity contribution >= 4 is 5.91 Å². The first-order valence-electron chi connectivity index (χ1n) is 6.38. The normalized spacial score (nSPS) is 20.3. The zero-order valence-corrected chi connectivity index (χ0v) is 11.2. The summed E-state index contributed by atoms with van der Waals surface area (Å²) in [4.78, 5) is 20.1. The van der Waals surface area contributed by atoms with Gasteiger partial charge in [0.05, 0.1) is 12.6 Å². The lowest BCUT2D eigenvalue weighted by Crippen LogP contribution is -2.42. The molecule has 6 nitrogen and oxygen atoms in total. The van der Waals surface area contributed by atoms with E-state index in [1.807, 2.05) is 6.92 Å². The number of likely N-dealkylation sites (tertiary alicyclic amines) is 1. The van der Waals surface area contributed by atoms with Crippen LogP contribution in [-0.4, -0.2) is 52.5 Å². The maximum Gasteiger partial charge on any atom is 0.240 e. The van der Waals surface area contributed by atoms with Gasteiger partial charge in [-0.05, 0) is 19.4 Å². The summed E-state index contributed by atoms with van der Waals surface area (Å²) in [5.74, 6) is 1.48. The van der Waals surface area contributed by atoms with E-state index in [-0.39, 0.29) is 11.9 Å². The predicted octanol–water partition coefficient (Wildman–Crippen LogP) is 0.685. The summed E-state index contributed by atoms with van der Waals surface area (Å²) in [5.41, 5.74) is 0. The Hall–Kier alpha value is -1.43. The molecule has 2 heterocycles. The number of nitrogens with zero attached hydrogens (tertiary/aromatic N) is 4. The first kappa shape index (κ1) is 13.0. The van der Waals surface area contributed by atoms with Crippen LogP contribution in [0.3, 0.4) is 0 Å². The maximum absolute atomic E-state index is 12.0. The molecule has 1 fully saturated rings. The minimum atomic E-state index is -0.0445. The molecule has 1 aromatic rings. The summed E-state index contributed by atoms with van der Waals surface area (Å²) in [6, 6.07) is -0.0445. The third-order valence-corrected chi connectivity index (χ3v) is 3.25. The molecular formula is C12H20N4O2. The zero-order valence-electron chi connectivity index (χ0n) is 11.2. The van der Waals surface area contributed by atoms with Crippen LogP contribution in [0.25, 0.3) is 0 Å². The second-order valence-electron chi connectivity index (χ2n) is 4.82. The summed E-state index contributed by atoms with van der Waals surface area (Å²) in [6.07, 6.45) is 2.72. The average Bonchev–Trinajstić information content (AvgIpc) is 2.97. The van der Waals surface area contributed by atoms with Crippen LogP contribution < -0.4 is 0 Å². The van der Waals surface area contributed by atoms with E-state index in [1.54, 1.807) is 19.0 Å². The molecule has 1 aliphatic rings. The van der Waals surface area contributed by atoms with Gasteiger partial charge in [-0.25, -0.2) is 0 Å². The molecule has 18 heavy (non-hydrogen) atoms. The lowest BCUT2D eigenvalue weighted by molar-refractivity contribution is -0.133. The van der Waals surface area contributed by atoms with Crippen molar-refractivity contribution in [2.45, 2.75) is 38.8 Å². The Morgan fingerprint density at radius 1 is 1.56 bits per heavy atom. The molecule has 1 saturated heterocycles. The summed E-state index contributed by atoms with van der Waals surface area (Å²) in [7, 11) is 3.58. The Labute approximate surface area is 107 Å². The van der Waals surface area contributed by atoms with Crippen LogP contribution in [0.1, 0.15) is 31.5 Å². The number of rotatable bonds is 4. The molecule has 0 radical (unpaired) electrons. The first-order chi connectivity index (χ1) is 8.61. The SMILES string of the molecule is CCc1noc(CN2CCC[C@@H]2C(=O)N(C)C)n1. The molecule has 0 saturated carbocycles. The van der Waals surface area contributed by atoms with Crippen LogP contribution in [0.4, 0.5) is 0 Å². The van der Waals surface area contributed by atoms with Crippen molar-refractivity contribution in [2.75, 3.05) is 20.6 Å². The number of hydrogen-bond donors (Lipinski definition) is 0. The zero-order chi connectivity index (χ0) is 13.1. The number of carbonyl (C=O) groups is 1. The van der Waals surface area contributed by atoms with Crippen molar-refractivity contribution in [1.82, 2.24) is 19.9 Å². The fourth-order valence-electron chi connectivity index (χ4n) is 2.26. The molecule has 0 spiro atoms. The molecule has 2 rings (SSSR count). The van der Waals surface area contributed by atoms with Gasteiger partial charge >= 0.3 is 0 Å². The van der Waals surface area contributed by atoms with Gasteiger partial charge in [-0.15, -0.1) is 0 Å². The number of aryl methyl sites for hydroxylation is 1. The van der Waals surface area contributed by atoms with Gasteiger partial charge in [0.15, 0.2) is 5.82 Å². The average molecular weight is 252 g/mol. The molecule has 0 N–H and O–H groups in total. The Balaban J connectivity index is 2.01. The van der Waals surface area contributed by atoms with Gasteiger partial charge in [-0.3, -0.25) is 9.69 Å². The predicted molar refractivity (Wildman–Crippen MR) is 65.8 cm³/mol. The van der Waals surface area contributed by atoms with Gasteiger partial charge in [0, 0.05) is 20.5 Å². The smallest absolute Gasteiger partial charge is 0.240 e. The molecule has 0 aliphatic carbocycles. The molecule has 0 aromatic carbocycles. The summed E-state index contributed by atoms with van der Waals surface area (Å²) < 4.78 is 5.18. The molecule has 1 aromatic heterocycles. The molecule has 0 bridgehead atoms. The van der Waals surface area contributed by atoms with Crippen molar-refractivity contribution < 1.29 is 9.32 Å². The lowest BCUT2D eigenvalue weighted by Gasteiger charge is -2.24. The molecular weight excluding hydrogens is 232 g/mol. The summed E-state index contributed by atoms with van der Waals surface area (Å²) >= 11 is 0. The fourth-order valence-corrected chi connectivity index (χ4v) is 2.26. The second-order valence-corrected chi connectivity index (χ2v) is 4.82. The fraction of sp³-hybridized carbons (Fsp3) is 0.750. The number of aromatic nitrogens is 2. The van der Waals surface area contributed by atoms with Crippen molar-refractivity contribution in [1.29, 1.82) is 0 Å². The largest absolute Gasteiger partial charge is 0.347 e. The van der Waals surface area contributed by atoms with Gasteiger partial charge in [-0.2, -0.15) is 4.98 Å². The first-order valence-corrected chi connectivity index (χ1v) is 6.38. The maximum atomic E-state index is 12.0. The van der Waals surface area contributed by atoms with Crippen molar-refractivity contribution in [3.8, 4) is 0 Å². The monoisotopic (exact) mass is 252 g/mol. The van der Waals surface area contributed by atoms with E-state index in [0.29, 0.717) is 12.4 Å². The van der Waals surface area contributed by atoms with E-state index in [1.165, 1.54) is 0 Å². The van der Waals surface area contributed by atoms with E-state index >= 15 is 0 Å². The Morgan fingerprint density at radius 2 is 2.33 bits per heavy atom. The second kappa shape index (κ2) is 5.48. The highest BCUT2D eigenvalue weighted by molar-refractivity contribution is 5.81. The van der Waals surface area contributed by atoms with Gasteiger partial charge in [-0.1, -0.05) is 12.1 Å². The third-order valence-electron chi connectivity index (χ3n) is 3.25. The lowest BCUT2D eigenvalue weighted by atomic mass is 10.2. The highest BCUT2D eigenvalue weighted by Gasteiger charge is 2.32. The van der Waals surface area contributed by atoms with Gasteiger partial charge in [0.2, 0.25) is 11.8 Å². The highest BCUT2D eigenvalue weighted by Crippen LogP contribution is 2.20. The Kier molecular flexibility index (Phi) is 3.96. The minimum Gasteiger partial charge on any atom is -0.347 e. The van der Waals surface area contributed by atoms with Gasteiger partial charge < -0.3 is 9.42 Å². The van der Waals surface area contributed by atoms with E-state index in [0.717, 1.165) is 31.6 Å². The van der Waals surface area contributed by atoms with Crippen LogP contribution in [-0.2, 0) is 17.8 Å². The third kappa shape index (κ3) is 2.69.